The van der Waals surface area contributed by atoms with E-state index in [1.807, 2.05) is 18.2 Å². The van der Waals surface area contributed by atoms with E-state index in [0.29, 0.717) is 22.0 Å². The molecule has 0 aromatic heterocycles. The SMILES string of the molecule is CN(CC(=O)Nc1ccccc1SCC#N)Cc1c(F)cccc1Cl. The van der Waals surface area contributed by atoms with E-state index in [1.54, 1.807) is 30.1 Å². The summed E-state index contributed by atoms with van der Waals surface area (Å²) in [6.07, 6.45) is 0. The molecule has 2 aromatic carbocycles. The summed E-state index contributed by atoms with van der Waals surface area (Å²) in [4.78, 5) is 14.8. The molecule has 2 rings (SSSR count). The van der Waals surface area contributed by atoms with Crippen LogP contribution in [0.3, 0.4) is 0 Å². The van der Waals surface area contributed by atoms with Crippen molar-refractivity contribution in [1.82, 2.24) is 4.90 Å². The van der Waals surface area contributed by atoms with E-state index < -0.39 is 5.82 Å². The van der Waals surface area contributed by atoms with Gasteiger partial charge in [0, 0.05) is 22.0 Å². The molecule has 2 aromatic rings. The maximum Gasteiger partial charge on any atom is 0.238 e. The highest BCUT2D eigenvalue weighted by atomic mass is 35.5. The molecule has 0 atom stereocenters. The molecule has 0 aliphatic heterocycles. The lowest BCUT2D eigenvalue weighted by Crippen LogP contribution is -2.30. The van der Waals surface area contributed by atoms with Gasteiger partial charge in [0.2, 0.25) is 5.91 Å². The third-order valence-corrected chi connectivity index (χ3v) is 4.65. The normalized spacial score (nSPS) is 10.5. The standard InChI is InChI=1S/C18H17ClFN3OS/c1-23(11-13-14(19)5-4-6-15(13)20)12-18(24)22-16-7-2-3-8-17(16)25-10-9-21/h2-8H,10-12H2,1H3,(H,22,24). The Bertz CT molecular complexity index is 774. The minimum absolute atomic E-state index is 0.0852. The van der Waals surface area contributed by atoms with Crippen molar-refractivity contribution < 1.29 is 9.18 Å². The first-order valence-corrected chi connectivity index (χ1v) is 8.87. The summed E-state index contributed by atoms with van der Waals surface area (Å²) in [7, 11) is 1.72. The van der Waals surface area contributed by atoms with E-state index in [9.17, 15) is 9.18 Å². The molecule has 0 unspecified atom stereocenters. The van der Waals surface area contributed by atoms with Gasteiger partial charge in [-0.3, -0.25) is 9.69 Å². The molecule has 0 aliphatic rings. The number of amides is 1. The topological polar surface area (TPSA) is 56.1 Å². The fourth-order valence-electron chi connectivity index (χ4n) is 2.25. The van der Waals surface area contributed by atoms with E-state index in [-0.39, 0.29) is 19.0 Å². The number of para-hydroxylation sites is 1. The first kappa shape index (κ1) is 19.3. The molecule has 1 amide bonds. The molecule has 0 saturated carbocycles. The smallest absolute Gasteiger partial charge is 0.238 e. The zero-order valence-electron chi connectivity index (χ0n) is 13.6. The van der Waals surface area contributed by atoms with Crippen LogP contribution < -0.4 is 5.32 Å². The molecular formula is C18H17ClFN3OS. The van der Waals surface area contributed by atoms with Gasteiger partial charge in [0.05, 0.1) is 24.1 Å². The average molecular weight is 378 g/mol. The highest BCUT2D eigenvalue weighted by Crippen LogP contribution is 2.26. The molecule has 7 heteroatoms. The number of halogens is 2. The largest absolute Gasteiger partial charge is 0.324 e. The zero-order valence-corrected chi connectivity index (χ0v) is 15.2. The number of hydrogen-bond donors (Lipinski definition) is 1. The van der Waals surface area contributed by atoms with Crippen LogP contribution in [0.2, 0.25) is 5.02 Å². The number of benzene rings is 2. The third-order valence-electron chi connectivity index (χ3n) is 3.36. The van der Waals surface area contributed by atoms with E-state index in [4.69, 9.17) is 16.9 Å². The van der Waals surface area contributed by atoms with Gasteiger partial charge in [-0.25, -0.2) is 4.39 Å². The molecule has 0 fully saturated rings. The predicted octanol–water partition coefficient (Wildman–Crippen LogP) is 4.17. The van der Waals surface area contributed by atoms with Crippen LogP contribution in [0.15, 0.2) is 47.4 Å². The molecule has 0 spiro atoms. The van der Waals surface area contributed by atoms with Crippen molar-refractivity contribution in [2.24, 2.45) is 0 Å². The first-order chi connectivity index (χ1) is 12.0. The third kappa shape index (κ3) is 5.75. The lowest BCUT2D eigenvalue weighted by atomic mass is 10.2. The summed E-state index contributed by atoms with van der Waals surface area (Å²) in [5.41, 5.74) is 1.02. The van der Waals surface area contributed by atoms with Gasteiger partial charge in [-0.2, -0.15) is 5.26 Å². The summed E-state index contributed by atoms with van der Waals surface area (Å²) in [5, 5.41) is 11.9. The van der Waals surface area contributed by atoms with Crippen molar-refractivity contribution in [3.05, 3.63) is 58.9 Å². The van der Waals surface area contributed by atoms with Gasteiger partial charge in [0.1, 0.15) is 5.82 Å². The van der Waals surface area contributed by atoms with Crippen LogP contribution in [-0.2, 0) is 11.3 Å². The number of anilines is 1. The first-order valence-electron chi connectivity index (χ1n) is 7.51. The second-order valence-corrected chi connectivity index (χ2v) is 6.79. The molecule has 4 nitrogen and oxygen atoms in total. The summed E-state index contributed by atoms with van der Waals surface area (Å²) >= 11 is 7.37. The van der Waals surface area contributed by atoms with Gasteiger partial charge in [0.15, 0.2) is 0 Å². The molecule has 0 heterocycles. The fourth-order valence-corrected chi connectivity index (χ4v) is 3.14. The molecule has 0 saturated heterocycles. The lowest BCUT2D eigenvalue weighted by Gasteiger charge is -2.18. The molecule has 25 heavy (non-hydrogen) atoms. The number of carbonyl (C=O) groups is 1. The molecule has 1 N–H and O–H groups in total. The predicted molar refractivity (Wildman–Crippen MR) is 99.2 cm³/mol. The molecule has 130 valence electrons. The zero-order chi connectivity index (χ0) is 18.2. The fraction of sp³-hybridized carbons (Fsp3) is 0.222. The molecule has 0 aliphatic carbocycles. The Morgan fingerprint density at radius 1 is 1.32 bits per heavy atom. The number of likely N-dealkylation sites (N-methyl/N-ethyl adjacent to an activating group) is 1. The van der Waals surface area contributed by atoms with Gasteiger partial charge in [0.25, 0.3) is 0 Å². The number of nitrogens with one attached hydrogen (secondary N) is 1. The van der Waals surface area contributed by atoms with Crippen molar-refractivity contribution in [3.63, 3.8) is 0 Å². The van der Waals surface area contributed by atoms with Gasteiger partial charge in [-0.15, -0.1) is 11.8 Å². The Kier molecular flexibility index (Phi) is 7.26. The quantitative estimate of drug-likeness (QED) is 0.736. The van der Waals surface area contributed by atoms with Crippen molar-refractivity contribution in [2.75, 3.05) is 24.7 Å². The number of rotatable bonds is 7. The van der Waals surface area contributed by atoms with Gasteiger partial charge >= 0.3 is 0 Å². The Labute approximate surface area is 155 Å². The van der Waals surface area contributed by atoms with E-state index >= 15 is 0 Å². The average Bonchev–Trinajstić information content (AvgIpc) is 2.57. The summed E-state index contributed by atoms with van der Waals surface area (Å²) < 4.78 is 13.8. The number of thioether (sulfide) groups is 1. The Morgan fingerprint density at radius 3 is 2.80 bits per heavy atom. The van der Waals surface area contributed by atoms with Crippen LogP contribution in [0.4, 0.5) is 10.1 Å². The number of carbonyl (C=O) groups excluding carboxylic acids is 1. The lowest BCUT2D eigenvalue weighted by molar-refractivity contribution is -0.117. The summed E-state index contributed by atoms with van der Waals surface area (Å²) in [5.74, 6) is -0.309. The van der Waals surface area contributed by atoms with Crippen molar-refractivity contribution in [3.8, 4) is 6.07 Å². The highest BCUT2D eigenvalue weighted by Gasteiger charge is 2.13. The van der Waals surface area contributed by atoms with Gasteiger partial charge in [-0.1, -0.05) is 29.8 Å². The Balaban J connectivity index is 1.97. The minimum atomic E-state index is -0.391. The maximum absolute atomic E-state index is 13.8. The van der Waals surface area contributed by atoms with Gasteiger partial charge < -0.3 is 5.32 Å². The second-order valence-electron chi connectivity index (χ2n) is 5.36. The van der Waals surface area contributed by atoms with Crippen LogP contribution in [0.5, 0.6) is 0 Å². The molecular weight excluding hydrogens is 361 g/mol. The van der Waals surface area contributed by atoms with Crippen LogP contribution >= 0.6 is 23.4 Å². The van der Waals surface area contributed by atoms with E-state index in [0.717, 1.165) is 4.90 Å². The minimum Gasteiger partial charge on any atom is -0.324 e. The number of hydrogen-bond acceptors (Lipinski definition) is 4. The van der Waals surface area contributed by atoms with Crippen molar-refractivity contribution in [2.45, 2.75) is 11.4 Å². The van der Waals surface area contributed by atoms with Crippen LogP contribution in [0.1, 0.15) is 5.56 Å². The van der Waals surface area contributed by atoms with Crippen LogP contribution in [0.25, 0.3) is 0 Å². The van der Waals surface area contributed by atoms with Crippen molar-refractivity contribution >= 4 is 35.0 Å². The molecule has 0 radical (unpaired) electrons. The molecule has 0 bridgehead atoms. The Hall–Kier alpha value is -2.07. The summed E-state index contributed by atoms with van der Waals surface area (Å²) in [6.45, 7) is 0.311. The summed E-state index contributed by atoms with van der Waals surface area (Å²) in [6, 6.07) is 13.9. The monoisotopic (exact) mass is 377 g/mol. The van der Waals surface area contributed by atoms with Crippen molar-refractivity contribution in [1.29, 1.82) is 5.26 Å². The number of nitrogens with zero attached hydrogens (tertiary/aromatic N) is 2. The van der Waals surface area contributed by atoms with Crippen LogP contribution in [-0.4, -0.2) is 30.2 Å². The second kappa shape index (κ2) is 9.42. The van der Waals surface area contributed by atoms with Crippen LogP contribution in [0, 0.1) is 17.1 Å². The Morgan fingerprint density at radius 2 is 2.08 bits per heavy atom. The maximum atomic E-state index is 13.8. The number of nitriles is 1. The highest BCUT2D eigenvalue weighted by molar-refractivity contribution is 7.99. The van der Waals surface area contributed by atoms with E-state index in [1.165, 1.54) is 17.8 Å². The van der Waals surface area contributed by atoms with Gasteiger partial charge in [-0.05, 0) is 31.3 Å². The van der Waals surface area contributed by atoms with E-state index in [2.05, 4.69) is 11.4 Å².